The quantitative estimate of drug-likeness (QED) is 0.830. The van der Waals surface area contributed by atoms with Crippen molar-refractivity contribution in [1.29, 1.82) is 0 Å². The topological polar surface area (TPSA) is 67.7 Å². The minimum absolute atomic E-state index is 0.261. The minimum Gasteiger partial charge on any atom is -0.365 e. The Balaban J connectivity index is 2.02. The molecule has 0 aliphatic heterocycles. The molecule has 2 N–H and O–H groups in total. The Labute approximate surface area is 113 Å². The van der Waals surface area contributed by atoms with Crippen molar-refractivity contribution in [2.24, 2.45) is 0 Å². The van der Waals surface area contributed by atoms with Gasteiger partial charge in [0.2, 0.25) is 5.95 Å². The molecule has 102 valence electrons. The number of rotatable bonds is 6. The molecule has 6 nitrogen and oxygen atoms in total. The van der Waals surface area contributed by atoms with Crippen LogP contribution in [0.4, 0.5) is 11.8 Å². The van der Waals surface area contributed by atoms with Crippen molar-refractivity contribution in [3.63, 3.8) is 0 Å². The Hall–Kier alpha value is -2.11. The minimum atomic E-state index is 0.261. The number of nitrogens with one attached hydrogen (secondary N) is 2. The highest BCUT2D eigenvalue weighted by Crippen LogP contribution is 2.14. The van der Waals surface area contributed by atoms with Crippen molar-refractivity contribution in [2.75, 3.05) is 17.2 Å². The lowest BCUT2D eigenvalue weighted by atomic mass is 10.3. The second-order valence-corrected chi connectivity index (χ2v) is 4.56. The van der Waals surface area contributed by atoms with Crippen molar-refractivity contribution >= 4 is 11.8 Å². The van der Waals surface area contributed by atoms with E-state index in [9.17, 15) is 0 Å². The van der Waals surface area contributed by atoms with Gasteiger partial charge >= 0.3 is 0 Å². The Morgan fingerprint density at radius 2 is 2.26 bits per heavy atom. The number of imidazole rings is 1. The lowest BCUT2D eigenvalue weighted by molar-refractivity contribution is 0.616. The molecule has 2 aromatic rings. The molecule has 2 heterocycles. The highest BCUT2D eigenvalue weighted by atomic mass is 15.2. The van der Waals surface area contributed by atoms with E-state index in [1.54, 1.807) is 6.20 Å². The van der Waals surface area contributed by atoms with Crippen LogP contribution in [0.1, 0.15) is 19.4 Å². The largest absolute Gasteiger partial charge is 0.365 e. The highest BCUT2D eigenvalue weighted by Gasteiger charge is 2.08. The molecule has 0 fully saturated rings. The number of aromatic nitrogens is 4. The smallest absolute Gasteiger partial charge is 0.224 e. The monoisotopic (exact) mass is 260 g/mol. The van der Waals surface area contributed by atoms with Crippen LogP contribution >= 0.6 is 0 Å². The van der Waals surface area contributed by atoms with Gasteiger partial charge in [0.15, 0.2) is 0 Å². The maximum Gasteiger partial charge on any atom is 0.224 e. The Morgan fingerprint density at radius 3 is 2.95 bits per heavy atom. The van der Waals surface area contributed by atoms with E-state index in [0.29, 0.717) is 5.95 Å². The van der Waals surface area contributed by atoms with Crippen molar-refractivity contribution < 1.29 is 0 Å². The van der Waals surface area contributed by atoms with E-state index in [4.69, 9.17) is 0 Å². The van der Waals surface area contributed by atoms with Gasteiger partial charge in [-0.05, 0) is 20.8 Å². The number of hydrogen-bond donors (Lipinski definition) is 2. The summed E-state index contributed by atoms with van der Waals surface area (Å²) in [5.41, 5.74) is 1.04. The van der Waals surface area contributed by atoms with Crippen LogP contribution in [0.5, 0.6) is 0 Å². The number of hydrogen-bond acceptors (Lipinski definition) is 5. The van der Waals surface area contributed by atoms with Crippen LogP contribution < -0.4 is 10.6 Å². The van der Waals surface area contributed by atoms with Crippen LogP contribution in [0.3, 0.4) is 0 Å². The number of nitrogens with zero attached hydrogens (tertiary/aromatic N) is 4. The fraction of sp³-hybridized carbons (Fsp3) is 0.462. The van der Waals surface area contributed by atoms with Gasteiger partial charge in [0, 0.05) is 43.3 Å². The van der Waals surface area contributed by atoms with Crippen LogP contribution in [0, 0.1) is 6.92 Å². The molecule has 0 saturated carbocycles. The molecule has 0 spiro atoms. The zero-order chi connectivity index (χ0) is 13.7. The van der Waals surface area contributed by atoms with Crippen molar-refractivity contribution in [3.05, 3.63) is 30.5 Å². The summed E-state index contributed by atoms with van der Waals surface area (Å²) in [6, 6.07) is 0.261. The molecule has 0 aliphatic rings. The third kappa shape index (κ3) is 3.67. The third-order valence-corrected chi connectivity index (χ3v) is 2.73. The summed E-state index contributed by atoms with van der Waals surface area (Å²) in [5, 5.41) is 6.52. The first-order chi connectivity index (χ1) is 9.19. The standard InChI is InChI=1S/C13H20N6/c1-4-15-13-16-7-10(2)12(18-13)17-11(3)8-19-6-5-14-9-19/h5-7,9,11H,4,8H2,1-3H3,(H2,15,16,17,18). The lowest BCUT2D eigenvalue weighted by Crippen LogP contribution is -2.22. The van der Waals surface area contributed by atoms with Gasteiger partial charge in [-0.2, -0.15) is 4.98 Å². The molecular weight excluding hydrogens is 240 g/mol. The predicted octanol–water partition coefficient (Wildman–Crippen LogP) is 1.91. The molecule has 0 saturated heterocycles. The summed E-state index contributed by atoms with van der Waals surface area (Å²) in [6.07, 6.45) is 7.38. The summed E-state index contributed by atoms with van der Waals surface area (Å²) >= 11 is 0. The predicted molar refractivity (Wildman–Crippen MR) is 76.2 cm³/mol. The Kier molecular flexibility index (Phi) is 4.33. The van der Waals surface area contributed by atoms with Crippen LogP contribution in [0.15, 0.2) is 24.9 Å². The first-order valence-electron chi connectivity index (χ1n) is 6.48. The van der Waals surface area contributed by atoms with Gasteiger partial charge in [0.1, 0.15) is 5.82 Å². The maximum absolute atomic E-state index is 4.47. The maximum atomic E-state index is 4.47. The Bertz CT molecular complexity index is 508. The van der Waals surface area contributed by atoms with E-state index in [-0.39, 0.29) is 6.04 Å². The fourth-order valence-electron chi connectivity index (χ4n) is 1.82. The third-order valence-electron chi connectivity index (χ3n) is 2.73. The van der Waals surface area contributed by atoms with Gasteiger partial charge < -0.3 is 15.2 Å². The van der Waals surface area contributed by atoms with Crippen molar-refractivity contribution in [1.82, 2.24) is 19.5 Å². The number of aryl methyl sites for hydroxylation is 1. The van der Waals surface area contributed by atoms with E-state index in [2.05, 4.69) is 32.5 Å². The van der Waals surface area contributed by atoms with Crippen LogP contribution in [-0.4, -0.2) is 32.1 Å². The average Bonchev–Trinajstić information content (AvgIpc) is 2.86. The summed E-state index contributed by atoms with van der Waals surface area (Å²) in [6.45, 7) is 7.81. The molecule has 0 aliphatic carbocycles. The molecule has 0 radical (unpaired) electrons. The van der Waals surface area contributed by atoms with Crippen molar-refractivity contribution in [2.45, 2.75) is 33.4 Å². The molecule has 6 heteroatoms. The van der Waals surface area contributed by atoms with Crippen molar-refractivity contribution in [3.8, 4) is 0 Å². The SMILES string of the molecule is CCNc1ncc(C)c(NC(C)Cn2ccnc2)n1. The van der Waals surface area contributed by atoms with Gasteiger partial charge in [-0.1, -0.05) is 0 Å². The Morgan fingerprint density at radius 1 is 1.42 bits per heavy atom. The number of anilines is 2. The van der Waals surface area contributed by atoms with Crippen LogP contribution in [-0.2, 0) is 6.54 Å². The summed E-state index contributed by atoms with van der Waals surface area (Å²) in [5.74, 6) is 1.53. The molecule has 2 rings (SSSR count). The molecule has 0 aromatic carbocycles. The van der Waals surface area contributed by atoms with E-state index in [0.717, 1.165) is 24.5 Å². The zero-order valence-electron chi connectivity index (χ0n) is 11.6. The summed E-state index contributed by atoms with van der Waals surface area (Å²) in [4.78, 5) is 12.7. The first kappa shape index (κ1) is 13.3. The van der Waals surface area contributed by atoms with Crippen LogP contribution in [0.2, 0.25) is 0 Å². The average molecular weight is 260 g/mol. The van der Waals surface area contributed by atoms with Gasteiger partial charge in [0.05, 0.1) is 6.33 Å². The zero-order valence-corrected chi connectivity index (χ0v) is 11.6. The molecule has 0 amide bonds. The van der Waals surface area contributed by atoms with E-state index < -0.39 is 0 Å². The summed E-state index contributed by atoms with van der Waals surface area (Å²) in [7, 11) is 0. The second kappa shape index (κ2) is 6.17. The van der Waals surface area contributed by atoms with Gasteiger partial charge in [0.25, 0.3) is 0 Å². The molecule has 0 bridgehead atoms. The molecular formula is C13H20N6. The van der Waals surface area contributed by atoms with Gasteiger partial charge in [-0.3, -0.25) is 0 Å². The van der Waals surface area contributed by atoms with Gasteiger partial charge in [-0.15, -0.1) is 0 Å². The molecule has 19 heavy (non-hydrogen) atoms. The first-order valence-corrected chi connectivity index (χ1v) is 6.48. The van der Waals surface area contributed by atoms with Crippen LogP contribution in [0.25, 0.3) is 0 Å². The fourth-order valence-corrected chi connectivity index (χ4v) is 1.82. The summed E-state index contributed by atoms with van der Waals surface area (Å²) < 4.78 is 2.04. The second-order valence-electron chi connectivity index (χ2n) is 4.56. The van der Waals surface area contributed by atoms with E-state index in [1.165, 1.54) is 0 Å². The van der Waals surface area contributed by atoms with E-state index >= 15 is 0 Å². The highest BCUT2D eigenvalue weighted by molar-refractivity contribution is 5.46. The van der Waals surface area contributed by atoms with Gasteiger partial charge in [-0.25, -0.2) is 9.97 Å². The molecule has 1 unspecified atom stereocenters. The van der Waals surface area contributed by atoms with E-state index in [1.807, 2.05) is 37.1 Å². The normalized spacial score (nSPS) is 12.2. The molecule has 1 atom stereocenters. The molecule has 2 aromatic heterocycles. The lowest BCUT2D eigenvalue weighted by Gasteiger charge is -2.17.